The van der Waals surface area contributed by atoms with E-state index < -0.39 is 11.6 Å². The van der Waals surface area contributed by atoms with Gasteiger partial charge in [-0.2, -0.15) is 0 Å². The van der Waals surface area contributed by atoms with Gasteiger partial charge in [0.15, 0.2) is 17.4 Å². The maximum absolute atomic E-state index is 14.0. The number of rotatable bonds is 3. The zero-order valence-electron chi connectivity index (χ0n) is 10.8. The number of hydrogen-bond donors (Lipinski definition) is 0. The molecule has 20 heavy (non-hydrogen) atoms. The van der Waals surface area contributed by atoms with E-state index in [1.165, 1.54) is 18.4 Å². The molecule has 0 atom stereocenters. The van der Waals surface area contributed by atoms with Crippen LogP contribution in [0.3, 0.4) is 0 Å². The van der Waals surface area contributed by atoms with E-state index in [2.05, 4.69) is 0 Å². The van der Waals surface area contributed by atoms with Gasteiger partial charge in [0.2, 0.25) is 0 Å². The minimum atomic E-state index is -0.720. The van der Waals surface area contributed by atoms with Crippen LogP contribution in [0.15, 0.2) is 34.9 Å². The highest BCUT2D eigenvalue weighted by Gasteiger charge is 2.21. The minimum absolute atomic E-state index is 0.206. The van der Waals surface area contributed by atoms with Crippen LogP contribution >= 0.6 is 0 Å². The number of benzene rings is 1. The lowest BCUT2D eigenvalue weighted by Gasteiger charge is -2.23. The summed E-state index contributed by atoms with van der Waals surface area (Å²) in [7, 11) is 0. The predicted octanol–water partition coefficient (Wildman–Crippen LogP) is 3.78. The molecule has 5 heteroatoms. The SMILES string of the molecule is Fc1cc(-c2ccco2)cc(F)c1OC1CCOCC1. The molecule has 0 amide bonds. The van der Waals surface area contributed by atoms with Crippen molar-refractivity contribution >= 4 is 0 Å². The van der Waals surface area contributed by atoms with Crippen molar-refractivity contribution in [2.75, 3.05) is 13.2 Å². The predicted molar refractivity (Wildman–Crippen MR) is 68.5 cm³/mol. The highest BCUT2D eigenvalue weighted by Crippen LogP contribution is 2.30. The molecule has 0 aliphatic carbocycles. The Morgan fingerprint density at radius 3 is 2.40 bits per heavy atom. The van der Waals surface area contributed by atoms with E-state index in [0.717, 1.165) is 0 Å². The van der Waals surface area contributed by atoms with Crippen LogP contribution in [0, 0.1) is 11.6 Å². The van der Waals surface area contributed by atoms with Crippen molar-refractivity contribution in [1.29, 1.82) is 0 Å². The van der Waals surface area contributed by atoms with Crippen LogP contribution in [0.2, 0.25) is 0 Å². The summed E-state index contributed by atoms with van der Waals surface area (Å²) in [5.41, 5.74) is 0.351. The Kier molecular flexibility index (Phi) is 3.69. The molecule has 1 aromatic heterocycles. The second kappa shape index (κ2) is 5.63. The van der Waals surface area contributed by atoms with E-state index in [9.17, 15) is 8.78 Å². The molecule has 2 aromatic rings. The minimum Gasteiger partial charge on any atom is -0.484 e. The van der Waals surface area contributed by atoms with Crippen molar-refractivity contribution < 1.29 is 22.7 Å². The second-order valence-electron chi connectivity index (χ2n) is 4.68. The average molecular weight is 280 g/mol. The average Bonchev–Trinajstić information content (AvgIpc) is 2.98. The highest BCUT2D eigenvalue weighted by atomic mass is 19.1. The van der Waals surface area contributed by atoms with Crippen LogP contribution < -0.4 is 4.74 Å². The van der Waals surface area contributed by atoms with Crippen molar-refractivity contribution in [1.82, 2.24) is 0 Å². The third-order valence-electron chi connectivity index (χ3n) is 3.26. The maximum atomic E-state index is 14.0. The van der Waals surface area contributed by atoms with Gasteiger partial charge in [0.25, 0.3) is 0 Å². The summed E-state index contributed by atoms with van der Waals surface area (Å²) >= 11 is 0. The molecular weight excluding hydrogens is 266 g/mol. The number of halogens is 2. The summed E-state index contributed by atoms with van der Waals surface area (Å²) in [5, 5.41) is 0. The van der Waals surface area contributed by atoms with Crippen LogP contribution in [0.1, 0.15) is 12.8 Å². The van der Waals surface area contributed by atoms with Gasteiger partial charge in [-0.25, -0.2) is 8.78 Å². The van der Waals surface area contributed by atoms with Crippen LogP contribution in [-0.2, 0) is 4.74 Å². The van der Waals surface area contributed by atoms with Crippen LogP contribution in [0.25, 0.3) is 11.3 Å². The summed E-state index contributed by atoms with van der Waals surface area (Å²) in [6.07, 6.45) is 2.53. The summed E-state index contributed by atoms with van der Waals surface area (Å²) in [5.74, 6) is -1.35. The molecule has 0 unspecified atom stereocenters. The van der Waals surface area contributed by atoms with Crippen molar-refractivity contribution in [3.63, 3.8) is 0 Å². The molecule has 0 radical (unpaired) electrons. The van der Waals surface area contributed by atoms with Crippen molar-refractivity contribution in [3.8, 4) is 17.1 Å². The third kappa shape index (κ3) is 2.67. The summed E-state index contributed by atoms with van der Waals surface area (Å²) in [6, 6.07) is 5.75. The Morgan fingerprint density at radius 2 is 1.80 bits per heavy atom. The number of hydrogen-bond acceptors (Lipinski definition) is 3. The molecule has 1 aliphatic rings. The van der Waals surface area contributed by atoms with Crippen molar-refractivity contribution in [2.24, 2.45) is 0 Å². The molecule has 0 bridgehead atoms. The molecular formula is C15H14F2O3. The first-order valence-corrected chi connectivity index (χ1v) is 6.51. The molecule has 106 valence electrons. The van der Waals surface area contributed by atoms with Gasteiger partial charge >= 0.3 is 0 Å². The number of furan rings is 1. The zero-order valence-corrected chi connectivity index (χ0v) is 10.8. The van der Waals surface area contributed by atoms with Gasteiger partial charge in [0, 0.05) is 18.4 Å². The first-order chi connectivity index (χ1) is 9.74. The summed E-state index contributed by atoms with van der Waals surface area (Å²) in [6.45, 7) is 1.11. The maximum Gasteiger partial charge on any atom is 0.191 e. The standard InChI is InChI=1S/C15H14F2O3/c16-12-8-10(14-2-1-5-19-14)9-13(17)15(12)20-11-3-6-18-7-4-11/h1-2,5,8-9,11H,3-4,6-7H2. The largest absolute Gasteiger partial charge is 0.484 e. The lowest BCUT2D eigenvalue weighted by molar-refractivity contribution is 0.0223. The Labute approximate surface area is 115 Å². The second-order valence-corrected chi connectivity index (χ2v) is 4.68. The van der Waals surface area contributed by atoms with E-state index in [-0.39, 0.29) is 11.9 Å². The number of ether oxygens (including phenoxy) is 2. The van der Waals surface area contributed by atoms with Gasteiger partial charge < -0.3 is 13.9 Å². The topological polar surface area (TPSA) is 31.6 Å². The first kappa shape index (κ1) is 13.1. The fraction of sp³-hybridized carbons (Fsp3) is 0.333. The van der Waals surface area contributed by atoms with Gasteiger partial charge in [-0.3, -0.25) is 0 Å². The van der Waals surface area contributed by atoms with Crippen LogP contribution in [-0.4, -0.2) is 19.3 Å². The highest BCUT2D eigenvalue weighted by molar-refractivity contribution is 5.59. The Balaban J connectivity index is 1.84. The van der Waals surface area contributed by atoms with Gasteiger partial charge in [0.1, 0.15) is 11.9 Å². The van der Waals surface area contributed by atoms with Crippen LogP contribution in [0.4, 0.5) is 8.78 Å². The van der Waals surface area contributed by atoms with Gasteiger partial charge in [-0.1, -0.05) is 0 Å². The Morgan fingerprint density at radius 1 is 1.10 bits per heavy atom. The zero-order chi connectivity index (χ0) is 13.9. The Hall–Kier alpha value is -1.88. The van der Waals surface area contributed by atoms with E-state index in [4.69, 9.17) is 13.9 Å². The van der Waals surface area contributed by atoms with Crippen molar-refractivity contribution in [2.45, 2.75) is 18.9 Å². The molecule has 1 fully saturated rings. The molecule has 3 nitrogen and oxygen atoms in total. The van der Waals surface area contributed by atoms with Crippen LogP contribution in [0.5, 0.6) is 5.75 Å². The quantitative estimate of drug-likeness (QED) is 0.857. The molecule has 1 aliphatic heterocycles. The molecule has 3 rings (SSSR count). The van der Waals surface area contributed by atoms with Gasteiger partial charge in [-0.15, -0.1) is 0 Å². The fourth-order valence-electron chi connectivity index (χ4n) is 2.22. The normalized spacial score (nSPS) is 16.3. The molecule has 0 spiro atoms. The summed E-state index contributed by atoms with van der Waals surface area (Å²) < 4.78 is 43.8. The molecule has 1 aromatic carbocycles. The molecule has 1 saturated heterocycles. The fourth-order valence-corrected chi connectivity index (χ4v) is 2.22. The van der Waals surface area contributed by atoms with E-state index in [0.29, 0.717) is 37.4 Å². The van der Waals surface area contributed by atoms with E-state index in [1.54, 1.807) is 12.1 Å². The van der Waals surface area contributed by atoms with Gasteiger partial charge in [0.05, 0.1) is 19.5 Å². The summed E-state index contributed by atoms with van der Waals surface area (Å²) in [4.78, 5) is 0. The first-order valence-electron chi connectivity index (χ1n) is 6.51. The monoisotopic (exact) mass is 280 g/mol. The lowest BCUT2D eigenvalue weighted by Crippen LogP contribution is -2.26. The van der Waals surface area contributed by atoms with E-state index >= 15 is 0 Å². The van der Waals surface area contributed by atoms with Gasteiger partial charge in [-0.05, 0) is 24.3 Å². The molecule has 2 heterocycles. The lowest BCUT2D eigenvalue weighted by atomic mass is 10.1. The third-order valence-corrected chi connectivity index (χ3v) is 3.26. The Bertz CT molecular complexity index is 552. The van der Waals surface area contributed by atoms with Crippen molar-refractivity contribution in [3.05, 3.63) is 42.2 Å². The smallest absolute Gasteiger partial charge is 0.191 e. The molecule has 0 N–H and O–H groups in total. The molecule has 0 saturated carbocycles. The van der Waals surface area contributed by atoms with E-state index in [1.807, 2.05) is 0 Å².